The molecule has 2 nitrogen and oxygen atoms in total. The average molecular weight is 430 g/mol. The fraction of sp³-hybridized carbons (Fsp3) is 0.0588. The van der Waals surface area contributed by atoms with Gasteiger partial charge in [-0.05, 0) is 30.3 Å². The van der Waals surface area contributed by atoms with E-state index in [0.717, 1.165) is 5.56 Å². The summed E-state index contributed by atoms with van der Waals surface area (Å²) in [5.74, 6) is -0.0639. The smallest absolute Gasteiger partial charge is 0.174 e. The molecular formula is C17H9BrCl3NO. The van der Waals surface area contributed by atoms with Crippen LogP contribution in [0.15, 0.2) is 42.5 Å². The summed E-state index contributed by atoms with van der Waals surface area (Å²) in [6.07, 6.45) is 0. The van der Waals surface area contributed by atoms with Gasteiger partial charge in [-0.15, -0.1) is 0 Å². The Morgan fingerprint density at radius 1 is 1.00 bits per heavy atom. The Labute approximate surface area is 156 Å². The Morgan fingerprint density at radius 2 is 1.70 bits per heavy atom. The van der Waals surface area contributed by atoms with Crippen molar-refractivity contribution in [3.05, 3.63) is 63.1 Å². The van der Waals surface area contributed by atoms with E-state index >= 15 is 0 Å². The van der Waals surface area contributed by atoms with Crippen LogP contribution in [0.5, 0.6) is 0 Å². The van der Waals surface area contributed by atoms with Crippen LogP contribution < -0.4 is 0 Å². The summed E-state index contributed by atoms with van der Waals surface area (Å²) in [5.41, 5.74) is 2.59. The van der Waals surface area contributed by atoms with E-state index in [0.29, 0.717) is 37.2 Å². The van der Waals surface area contributed by atoms with E-state index in [2.05, 4.69) is 20.9 Å². The third-order valence-electron chi connectivity index (χ3n) is 3.39. The van der Waals surface area contributed by atoms with E-state index in [1.165, 1.54) is 0 Å². The first-order chi connectivity index (χ1) is 11.0. The number of pyridine rings is 1. The molecule has 0 saturated heterocycles. The standard InChI is InChI=1S/C17H9BrCl3NO/c18-8-16(23)12-7-15(9-1-3-10(19)4-2-9)22-17-13(12)5-11(20)6-14(17)21/h1-7H,8H2. The summed E-state index contributed by atoms with van der Waals surface area (Å²) in [6, 6.07) is 12.3. The molecule has 0 amide bonds. The molecule has 0 saturated carbocycles. The summed E-state index contributed by atoms with van der Waals surface area (Å²) >= 11 is 21.5. The summed E-state index contributed by atoms with van der Waals surface area (Å²) in [5, 5.41) is 2.36. The molecule has 3 aromatic rings. The molecule has 23 heavy (non-hydrogen) atoms. The molecule has 0 aliphatic heterocycles. The zero-order chi connectivity index (χ0) is 16.6. The number of nitrogens with zero attached hydrogens (tertiary/aromatic N) is 1. The lowest BCUT2D eigenvalue weighted by molar-refractivity contribution is 0.102. The zero-order valence-electron chi connectivity index (χ0n) is 11.6. The number of benzene rings is 2. The highest BCUT2D eigenvalue weighted by Gasteiger charge is 2.15. The minimum atomic E-state index is -0.0639. The van der Waals surface area contributed by atoms with Crippen molar-refractivity contribution in [2.24, 2.45) is 0 Å². The van der Waals surface area contributed by atoms with Crippen molar-refractivity contribution >= 4 is 67.4 Å². The first kappa shape index (κ1) is 16.7. The summed E-state index contributed by atoms with van der Waals surface area (Å²) in [4.78, 5) is 16.9. The third kappa shape index (κ3) is 3.38. The van der Waals surface area contributed by atoms with Gasteiger partial charge in [-0.25, -0.2) is 4.98 Å². The fourth-order valence-electron chi connectivity index (χ4n) is 2.32. The van der Waals surface area contributed by atoms with Crippen LogP contribution in [-0.2, 0) is 0 Å². The average Bonchev–Trinajstić information content (AvgIpc) is 2.54. The maximum atomic E-state index is 12.3. The normalized spacial score (nSPS) is 11.0. The molecule has 1 aromatic heterocycles. The van der Waals surface area contributed by atoms with Crippen molar-refractivity contribution < 1.29 is 4.79 Å². The van der Waals surface area contributed by atoms with Crippen LogP contribution in [0.4, 0.5) is 0 Å². The quantitative estimate of drug-likeness (QED) is 0.354. The molecule has 1 heterocycles. The van der Waals surface area contributed by atoms with Gasteiger partial charge in [0.15, 0.2) is 5.78 Å². The van der Waals surface area contributed by atoms with Gasteiger partial charge in [0.2, 0.25) is 0 Å². The van der Waals surface area contributed by atoms with E-state index in [1.807, 2.05) is 12.1 Å². The molecule has 0 radical (unpaired) electrons. The van der Waals surface area contributed by atoms with Crippen molar-refractivity contribution in [2.45, 2.75) is 0 Å². The van der Waals surface area contributed by atoms with Crippen molar-refractivity contribution in [1.82, 2.24) is 4.98 Å². The molecule has 116 valence electrons. The van der Waals surface area contributed by atoms with Gasteiger partial charge in [-0.3, -0.25) is 4.79 Å². The Bertz CT molecular complexity index is 910. The number of carbonyl (C=O) groups is 1. The van der Waals surface area contributed by atoms with Crippen LogP contribution in [0.3, 0.4) is 0 Å². The SMILES string of the molecule is O=C(CBr)c1cc(-c2ccc(Cl)cc2)nc2c(Cl)cc(Cl)cc12. The number of aromatic nitrogens is 1. The predicted octanol–water partition coefficient (Wildman–Crippen LogP) is 6.44. The summed E-state index contributed by atoms with van der Waals surface area (Å²) < 4.78 is 0. The first-order valence-corrected chi connectivity index (χ1v) is 8.90. The third-order valence-corrected chi connectivity index (χ3v) is 4.66. The number of carbonyl (C=O) groups excluding carboxylic acids is 1. The number of hydrogen-bond acceptors (Lipinski definition) is 2. The van der Waals surface area contributed by atoms with E-state index in [-0.39, 0.29) is 11.1 Å². The van der Waals surface area contributed by atoms with E-state index in [1.54, 1.807) is 30.3 Å². The van der Waals surface area contributed by atoms with E-state index < -0.39 is 0 Å². The minimum Gasteiger partial charge on any atom is -0.293 e. The topological polar surface area (TPSA) is 30.0 Å². The minimum absolute atomic E-state index is 0.0639. The van der Waals surface area contributed by atoms with Gasteiger partial charge >= 0.3 is 0 Å². The highest BCUT2D eigenvalue weighted by Crippen LogP contribution is 2.32. The van der Waals surface area contributed by atoms with Crippen molar-refractivity contribution in [2.75, 3.05) is 5.33 Å². The Balaban J connectivity index is 2.33. The van der Waals surface area contributed by atoms with E-state index in [4.69, 9.17) is 34.8 Å². The molecule has 0 aliphatic rings. The molecule has 0 N–H and O–H groups in total. The second-order valence-electron chi connectivity index (χ2n) is 4.90. The molecular weight excluding hydrogens is 420 g/mol. The van der Waals surface area contributed by atoms with Gasteiger partial charge in [0.05, 0.1) is 21.6 Å². The van der Waals surface area contributed by atoms with Gasteiger partial charge in [-0.1, -0.05) is 62.9 Å². The molecule has 0 aliphatic carbocycles. The maximum Gasteiger partial charge on any atom is 0.174 e. The van der Waals surface area contributed by atoms with Crippen LogP contribution in [0, 0.1) is 0 Å². The van der Waals surface area contributed by atoms with Crippen LogP contribution >= 0.6 is 50.7 Å². The van der Waals surface area contributed by atoms with Gasteiger partial charge in [0, 0.05) is 26.6 Å². The number of rotatable bonds is 3. The van der Waals surface area contributed by atoms with Crippen LogP contribution in [0.25, 0.3) is 22.2 Å². The molecule has 0 atom stereocenters. The molecule has 0 spiro atoms. The van der Waals surface area contributed by atoms with Crippen molar-refractivity contribution in [3.8, 4) is 11.3 Å². The number of fused-ring (bicyclic) bond motifs is 1. The van der Waals surface area contributed by atoms with Gasteiger partial charge in [0.1, 0.15) is 0 Å². The van der Waals surface area contributed by atoms with Crippen LogP contribution in [-0.4, -0.2) is 16.1 Å². The van der Waals surface area contributed by atoms with E-state index in [9.17, 15) is 4.79 Å². The lowest BCUT2D eigenvalue weighted by Crippen LogP contribution is -2.03. The lowest BCUT2D eigenvalue weighted by atomic mass is 10.0. The van der Waals surface area contributed by atoms with Crippen LogP contribution in [0.1, 0.15) is 10.4 Å². The number of ketones is 1. The van der Waals surface area contributed by atoms with Crippen LogP contribution in [0.2, 0.25) is 15.1 Å². The summed E-state index contributed by atoms with van der Waals surface area (Å²) in [7, 11) is 0. The maximum absolute atomic E-state index is 12.3. The molecule has 6 heteroatoms. The molecule has 3 rings (SSSR count). The number of alkyl halides is 1. The number of hydrogen-bond donors (Lipinski definition) is 0. The second-order valence-corrected chi connectivity index (χ2v) is 6.74. The number of halogens is 4. The monoisotopic (exact) mass is 427 g/mol. The predicted molar refractivity (Wildman–Crippen MR) is 100 cm³/mol. The first-order valence-electron chi connectivity index (χ1n) is 6.64. The van der Waals surface area contributed by atoms with Crippen molar-refractivity contribution in [3.63, 3.8) is 0 Å². The fourth-order valence-corrected chi connectivity index (χ4v) is 3.29. The molecule has 2 aromatic carbocycles. The van der Waals surface area contributed by atoms with Gasteiger partial charge < -0.3 is 0 Å². The highest BCUT2D eigenvalue weighted by atomic mass is 79.9. The van der Waals surface area contributed by atoms with Gasteiger partial charge in [-0.2, -0.15) is 0 Å². The van der Waals surface area contributed by atoms with Gasteiger partial charge in [0.25, 0.3) is 0 Å². The Hall–Kier alpha value is -1.13. The molecule has 0 fully saturated rings. The Kier molecular flexibility index (Phi) is 4.93. The highest BCUT2D eigenvalue weighted by molar-refractivity contribution is 9.09. The second kappa shape index (κ2) is 6.78. The zero-order valence-corrected chi connectivity index (χ0v) is 15.5. The largest absolute Gasteiger partial charge is 0.293 e. The molecule has 0 unspecified atom stereocenters. The summed E-state index contributed by atoms with van der Waals surface area (Å²) in [6.45, 7) is 0. The Morgan fingerprint density at radius 3 is 2.35 bits per heavy atom. The van der Waals surface area contributed by atoms with Crippen molar-refractivity contribution in [1.29, 1.82) is 0 Å². The molecule has 0 bridgehead atoms. The number of Topliss-reactive ketones (excluding diaryl/α,β-unsaturated/α-hetero) is 1. The lowest BCUT2D eigenvalue weighted by Gasteiger charge is -2.10.